The lowest BCUT2D eigenvalue weighted by molar-refractivity contribution is 0.0688. The molecule has 1 aromatic carbocycles. The first-order valence-corrected chi connectivity index (χ1v) is 9.59. The quantitative estimate of drug-likeness (QED) is 0.577. The fourth-order valence-electron chi connectivity index (χ4n) is 2.89. The molecule has 0 bridgehead atoms. The van der Waals surface area contributed by atoms with Gasteiger partial charge >= 0.3 is 5.97 Å². The van der Waals surface area contributed by atoms with E-state index in [1.165, 1.54) is 40.6 Å². The monoisotopic (exact) mass is 402 g/mol. The second-order valence-electron chi connectivity index (χ2n) is 6.21. The predicted octanol–water partition coefficient (Wildman–Crippen LogP) is 1.72. The molecule has 0 saturated heterocycles. The number of aromatic carboxylic acids is 1. The Bertz CT molecular complexity index is 1190. The van der Waals surface area contributed by atoms with E-state index in [9.17, 15) is 23.1 Å². The van der Waals surface area contributed by atoms with E-state index in [0.29, 0.717) is 16.9 Å². The van der Waals surface area contributed by atoms with Gasteiger partial charge in [-0.2, -0.15) is 0 Å². The Morgan fingerprint density at radius 1 is 1.14 bits per heavy atom. The van der Waals surface area contributed by atoms with Crippen LogP contribution in [-0.2, 0) is 17.1 Å². The van der Waals surface area contributed by atoms with Crippen molar-refractivity contribution in [2.45, 2.75) is 11.8 Å². The highest BCUT2D eigenvalue weighted by Crippen LogP contribution is 2.24. The molecule has 0 radical (unpaired) electrons. The van der Waals surface area contributed by atoms with Crippen molar-refractivity contribution in [2.24, 2.45) is 12.8 Å². The first-order valence-electron chi connectivity index (χ1n) is 8.11. The zero-order valence-corrected chi connectivity index (χ0v) is 15.9. The second kappa shape index (κ2) is 6.89. The summed E-state index contributed by atoms with van der Waals surface area (Å²) in [5, 5.41) is 9.26. The average Bonchev–Trinajstić information content (AvgIpc) is 3.21. The molecule has 1 amide bonds. The molecule has 3 aromatic rings. The van der Waals surface area contributed by atoms with Crippen LogP contribution in [0, 0.1) is 6.92 Å². The molecular weight excluding hydrogens is 384 g/mol. The van der Waals surface area contributed by atoms with Crippen molar-refractivity contribution in [3.05, 3.63) is 65.7 Å². The molecule has 10 heteroatoms. The van der Waals surface area contributed by atoms with Gasteiger partial charge in [-0.15, -0.1) is 0 Å². The molecule has 0 aliphatic heterocycles. The van der Waals surface area contributed by atoms with E-state index in [1.807, 2.05) is 0 Å². The van der Waals surface area contributed by atoms with Crippen molar-refractivity contribution in [2.75, 3.05) is 4.72 Å². The number of rotatable bonds is 6. The number of carbonyl (C=O) groups excluding carboxylic acids is 1. The highest BCUT2D eigenvalue weighted by Gasteiger charge is 2.20. The molecule has 3 rings (SSSR count). The number of nitrogens with zero attached hydrogens (tertiary/aromatic N) is 2. The third-order valence-corrected chi connectivity index (χ3v) is 5.57. The highest BCUT2D eigenvalue weighted by molar-refractivity contribution is 7.92. The molecule has 0 aliphatic carbocycles. The van der Waals surface area contributed by atoms with Gasteiger partial charge in [-0.25, -0.2) is 13.2 Å². The second-order valence-corrected chi connectivity index (χ2v) is 7.89. The predicted molar refractivity (Wildman–Crippen MR) is 102 cm³/mol. The number of aryl methyl sites for hydroxylation is 2. The lowest BCUT2D eigenvalue weighted by Crippen LogP contribution is -2.14. The van der Waals surface area contributed by atoms with Gasteiger partial charge in [0.2, 0.25) is 0 Å². The van der Waals surface area contributed by atoms with Crippen LogP contribution in [0.25, 0.3) is 5.69 Å². The van der Waals surface area contributed by atoms with Gasteiger partial charge in [0.25, 0.3) is 15.9 Å². The van der Waals surface area contributed by atoms with Crippen LogP contribution in [0.3, 0.4) is 0 Å². The van der Waals surface area contributed by atoms with E-state index < -0.39 is 21.9 Å². The molecule has 4 N–H and O–H groups in total. The van der Waals surface area contributed by atoms with Crippen molar-refractivity contribution in [1.29, 1.82) is 0 Å². The minimum absolute atomic E-state index is 0.0701. The van der Waals surface area contributed by atoms with Crippen molar-refractivity contribution in [1.82, 2.24) is 9.13 Å². The summed E-state index contributed by atoms with van der Waals surface area (Å²) >= 11 is 0. The summed E-state index contributed by atoms with van der Waals surface area (Å²) < 4.78 is 30.5. The van der Waals surface area contributed by atoms with E-state index in [-0.39, 0.29) is 16.3 Å². The third kappa shape index (κ3) is 3.49. The van der Waals surface area contributed by atoms with Crippen LogP contribution in [0.4, 0.5) is 5.69 Å². The normalized spacial score (nSPS) is 11.4. The van der Waals surface area contributed by atoms with Gasteiger partial charge in [-0.1, -0.05) is 0 Å². The molecular formula is C18H18N4O5S. The Labute approximate surface area is 161 Å². The fraction of sp³-hybridized carbons (Fsp3) is 0.111. The first-order chi connectivity index (χ1) is 13.1. The van der Waals surface area contributed by atoms with Crippen molar-refractivity contribution >= 4 is 27.6 Å². The molecule has 0 spiro atoms. The van der Waals surface area contributed by atoms with Gasteiger partial charge in [0, 0.05) is 30.8 Å². The zero-order chi connectivity index (χ0) is 20.6. The van der Waals surface area contributed by atoms with E-state index in [1.54, 1.807) is 31.3 Å². The van der Waals surface area contributed by atoms with Gasteiger partial charge in [0.15, 0.2) is 0 Å². The molecule has 0 atom stereocenters. The minimum atomic E-state index is -3.93. The lowest BCUT2D eigenvalue weighted by Gasteiger charge is -2.13. The maximum Gasteiger partial charge on any atom is 0.352 e. The third-order valence-electron chi connectivity index (χ3n) is 4.22. The van der Waals surface area contributed by atoms with E-state index in [4.69, 9.17) is 5.73 Å². The molecule has 0 fully saturated rings. The number of carboxylic acids is 1. The molecule has 146 valence electrons. The van der Waals surface area contributed by atoms with Gasteiger partial charge < -0.3 is 20.0 Å². The number of hydrogen-bond acceptors (Lipinski definition) is 4. The molecule has 2 aromatic heterocycles. The Morgan fingerprint density at radius 3 is 2.43 bits per heavy atom. The van der Waals surface area contributed by atoms with E-state index in [0.717, 1.165) is 0 Å². The van der Waals surface area contributed by atoms with Crippen LogP contribution in [0.15, 0.2) is 53.7 Å². The molecule has 0 aliphatic rings. The zero-order valence-electron chi connectivity index (χ0n) is 15.1. The highest BCUT2D eigenvalue weighted by atomic mass is 32.2. The summed E-state index contributed by atoms with van der Waals surface area (Å²) in [5.41, 5.74) is 6.97. The largest absolute Gasteiger partial charge is 0.477 e. The van der Waals surface area contributed by atoms with Crippen LogP contribution in [0.5, 0.6) is 0 Å². The molecule has 2 heterocycles. The molecule has 28 heavy (non-hydrogen) atoms. The average molecular weight is 402 g/mol. The van der Waals surface area contributed by atoms with Crippen LogP contribution in [0.1, 0.15) is 26.5 Å². The summed E-state index contributed by atoms with van der Waals surface area (Å²) in [4.78, 5) is 22.5. The van der Waals surface area contributed by atoms with Crippen LogP contribution >= 0.6 is 0 Å². The fourth-order valence-corrected chi connectivity index (χ4v) is 4.01. The SMILES string of the molecule is Cc1cc(NS(=O)(=O)c2cc(C(N)=O)n(C)c2)ccc1-n1cccc1C(=O)O. The van der Waals surface area contributed by atoms with E-state index in [2.05, 4.69) is 4.72 Å². The van der Waals surface area contributed by atoms with E-state index >= 15 is 0 Å². The number of nitrogens with one attached hydrogen (secondary N) is 1. The van der Waals surface area contributed by atoms with Gasteiger partial charge in [0.05, 0.1) is 0 Å². The standard InChI is InChI=1S/C18H18N4O5S/c1-11-8-12(5-6-14(11)22-7-3-4-15(22)18(24)25)20-28(26,27)13-9-16(17(19)23)21(2)10-13/h3-10,20H,1-2H3,(H2,19,23)(H,24,25). The van der Waals surface area contributed by atoms with Crippen molar-refractivity contribution in [3.63, 3.8) is 0 Å². The van der Waals surface area contributed by atoms with Gasteiger partial charge in [-0.05, 0) is 48.9 Å². The molecule has 0 saturated carbocycles. The minimum Gasteiger partial charge on any atom is -0.477 e. The maximum absolute atomic E-state index is 12.6. The summed E-state index contributed by atoms with van der Waals surface area (Å²) in [6.45, 7) is 1.74. The Morgan fingerprint density at radius 2 is 1.86 bits per heavy atom. The molecule has 9 nitrogen and oxygen atoms in total. The molecule has 0 unspecified atom stereocenters. The van der Waals surface area contributed by atoms with Crippen molar-refractivity contribution < 1.29 is 23.1 Å². The summed E-state index contributed by atoms with van der Waals surface area (Å²) in [7, 11) is -2.41. The summed E-state index contributed by atoms with van der Waals surface area (Å²) in [6.07, 6.45) is 2.91. The van der Waals surface area contributed by atoms with Crippen LogP contribution in [-0.4, -0.2) is 34.5 Å². The number of amides is 1. The summed E-state index contributed by atoms with van der Waals surface area (Å²) in [5.74, 6) is -1.80. The number of nitrogens with two attached hydrogens (primary N) is 1. The lowest BCUT2D eigenvalue weighted by atomic mass is 10.1. The number of benzene rings is 1. The van der Waals surface area contributed by atoms with Gasteiger partial charge in [0.1, 0.15) is 16.3 Å². The first kappa shape index (κ1) is 19.2. The number of aromatic nitrogens is 2. The van der Waals surface area contributed by atoms with Crippen molar-refractivity contribution in [3.8, 4) is 5.69 Å². The Kier molecular flexibility index (Phi) is 4.73. The number of hydrogen-bond donors (Lipinski definition) is 3. The number of primary amides is 1. The maximum atomic E-state index is 12.6. The van der Waals surface area contributed by atoms with Gasteiger partial charge in [-0.3, -0.25) is 9.52 Å². The topological polar surface area (TPSA) is 136 Å². The number of anilines is 1. The van der Waals surface area contributed by atoms with Crippen LogP contribution in [0.2, 0.25) is 0 Å². The number of sulfonamides is 1. The smallest absolute Gasteiger partial charge is 0.352 e. The Balaban J connectivity index is 1.92. The summed E-state index contributed by atoms with van der Waals surface area (Å²) in [6, 6.07) is 9.04. The number of carboxylic acid groups (broad SMARTS) is 1. The van der Waals surface area contributed by atoms with Crippen LogP contribution < -0.4 is 10.5 Å². The number of carbonyl (C=O) groups is 2. The Hall–Kier alpha value is -3.53.